The van der Waals surface area contributed by atoms with Gasteiger partial charge in [0.2, 0.25) is 0 Å². The highest BCUT2D eigenvalue weighted by Crippen LogP contribution is 2.39. The Morgan fingerprint density at radius 3 is 2.43 bits per heavy atom. The molecule has 78 valence electrons. The van der Waals surface area contributed by atoms with Crippen molar-refractivity contribution >= 4 is 31.3 Å². The van der Waals surface area contributed by atoms with Crippen LogP contribution in [0.4, 0.5) is 0 Å². The second-order valence-electron chi connectivity index (χ2n) is 2.37. The number of aromatic hydroxyl groups is 1. The van der Waals surface area contributed by atoms with E-state index in [0.29, 0.717) is 0 Å². The fourth-order valence-corrected chi connectivity index (χ4v) is 2.21. The van der Waals surface area contributed by atoms with Gasteiger partial charge in [-0.2, -0.15) is 0 Å². The monoisotopic (exact) mass is 256 g/mol. The van der Waals surface area contributed by atoms with E-state index in [4.69, 9.17) is 27.0 Å². The third kappa shape index (κ3) is 2.05. The Balaban J connectivity index is 3.55. The molecule has 0 saturated heterocycles. The van der Waals surface area contributed by atoms with Gasteiger partial charge in [-0.25, -0.2) is 8.42 Å². The van der Waals surface area contributed by atoms with E-state index >= 15 is 0 Å². The summed E-state index contributed by atoms with van der Waals surface area (Å²) in [7, 11) is 2.41. The second kappa shape index (κ2) is 3.84. The maximum atomic E-state index is 11.0. The molecule has 1 rings (SSSR count). The van der Waals surface area contributed by atoms with Crippen molar-refractivity contribution in [2.24, 2.45) is 0 Å². The maximum absolute atomic E-state index is 11.0. The number of hydrogen-bond donors (Lipinski definition) is 1. The molecule has 1 aromatic carbocycles. The van der Waals surface area contributed by atoms with Crippen LogP contribution in [0.1, 0.15) is 0 Å². The first-order chi connectivity index (χ1) is 6.38. The first-order valence-corrected chi connectivity index (χ1v) is 6.06. The van der Waals surface area contributed by atoms with Gasteiger partial charge in [0.25, 0.3) is 9.05 Å². The molecule has 1 N–H and O–H groups in total. The van der Waals surface area contributed by atoms with E-state index < -0.39 is 9.05 Å². The molecule has 0 aromatic heterocycles. The van der Waals surface area contributed by atoms with Crippen molar-refractivity contribution in [2.45, 2.75) is 4.90 Å². The topological polar surface area (TPSA) is 63.6 Å². The van der Waals surface area contributed by atoms with E-state index in [1.54, 1.807) is 0 Å². The van der Waals surface area contributed by atoms with Crippen LogP contribution in [0, 0.1) is 0 Å². The Morgan fingerprint density at radius 2 is 2.00 bits per heavy atom. The Bertz CT molecular complexity index is 455. The summed E-state index contributed by atoms with van der Waals surface area (Å²) >= 11 is 5.61. The van der Waals surface area contributed by atoms with Crippen LogP contribution in [0.25, 0.3) is 0 Å². The van der Waals surface area contributed by atoms with Crippen molar-refractivity contribution in [3.05, 3.63) is 17.2 Å². The summed E-state index contributed by atoms with van der Waals surface area (Å²) in [6.07, 6.45) is 0. The minimum Gasteiger partial charge on any atom is -0.506 e. The predicted molar refractivity (Wildman–Crippen MR) is 52.7 cm³/mol. The van der Waals surface area contributed by atoms with E-state index in [1.807, 2.05) is 0 Å². The molecule has 0 aliphatic carbocycles. The summed E-state index contributed by atoms with van der Waals surface area (Å²) in [5.41, 5.74) is 0. The molecular formula is C7H6Cl2O4S. The number of methoxy groups -OCH3 is 1. The lowest BCUT2D eigenvalue weighted by Gasteiger charge is -2.08. The number of benzene rings is 1. The number of ether oxygens (including phenoxy) is 1. The molecule has 14 heavy (non-hydrogen) atoms. The first kappa shape index (κ1) is 11.4. The van der Waals surface area contributed by atoms with Gasteiger partial charge in [0.1, 0.15) is 15.7 Å². The van der Waals surface area contributed by atoms with Gasteiger partial charge in [-0.1, -0.05) is 11.6 Å². The molecule has 0 atom stereocenters. The Labute approximate surface area is 90.4 Å². The van der Waals surface area contributed by atoms with Crippen LogP contribution in [-0.4, -0.2) is 20.6 Å². The molecule has 0 radical (unpaired) electrons. The van der Waals surface area contributed by atoms with Crippen LogP contribution in [-0.2, 0) is 9.05 Å². The van der Waals surface area contributed by atoms with Gasteiger partial charge in [-0.3, -0.25) is 0 Å². The number of phenolic OH excluding ortho intramolecular Hbond substituents is 1. The van der Waals surface area contributed by atoms with Gasteiger partial charge in [-0.15, -0.1) is 0 Å². The zero-order valence-electron chi connectivity index (χ0n) is 6.99. The summed E-state index contributed by atoms with van der Waals surface area (Å²) in [5.74, 6) is -0.436. The summed E-state index contributed by atoms with van der Waals surface area (Å²) in [6, 6.07) is 2.24. The Kier molecular flexibility index (Phi) is 3.14. The summed E-state index contributed by atoms with van der Waals surface area (Å²) in [5, 5.41) is 8.99. The number of hydrogen-bond acceptors (Lipinski definition) is 4. The molecule has 0 fully saturated rings. The predicted octanol–water partition coefficient (Wildman–Crippen LogP) is 1.98. The van der Waals surface area contributed by atoms with Crippen LogP contribution < -0.4 is 4.74 Å². The van der Waals surface area contributed by atoms with Crippen LogP contribution in [0.3, 0.4) is 0 Å². The fourth-order valence-electron chi connectivity index (χ4n) is 0.910. The second-order valence-corrected chi connectivity index (χ2v) is 5.28. The smallest absolute Gasteiger partial charge is 0.265 e. The molecule has 0 amide bonds. The molecule has 0 bridgehead atoms. The average molecular weight is 257 g/mol. The van der Waals surface area contributed by atoms with Crippen molar-refractivity contribution in [1.29, 1.82) is 0 Å². The van der Waals surface area contributed by atoms with Gasteiger partial charge in [0.05, 0.1) is 7.11 Å². The van der Waals surface area contributed by atoms with Gasteiger partial charge in [-0.05, 0) is 12.1 Å². The van der Waals surface area contributed by atoms with Crippen LogP contribution >= 0.6 is 22.3 Å². The minimum atomic E-state index is -3.93. The van der Waals surface area contributed by atoms with Crippen LogP contribution in [0.2, 0.25) is 5.02 Å². The summed E-state index contributed by atoms with van der Waals surface area (Å²) in [4.78, 5) is -0.274. The molecule has 0 spiro atoms. The quantitative estimate of drug-likeness (QED) is 0.823. The lowest BCUT2D eigenvalue weighted by molar-refractivity contribution is 0.397. The zero-order chi connectivity index (χ0) is 10.9. The zero-order valence-corrected chi connectivity index (χ0v) is 9.32. The number of phenols is 1. The summed E-state index contributed by atoms with van der Waals surface area (Å²) in [6.45, 7) is 0. The fraction of sp³-hybridized carbons (Fsp3) is 0.143. The molecule has 7 heteroatoms. The maximum Gasteiger partial charge on any atom is 0.265 e. The van der Waals surface area contributed by atoms with Crippen molar-refractivity contribution in [2.75, 3.05) is 7.11 Å². The van der Waals surface area contributed by atoms with Crippen LogP contribution in [0.5, 0.6) is 11.5 Å². The molecule has 0 heterocycles. The van der Waals surface area contributed by atoms with Crippen molar-refractivity contribution < 1.29 is 18.3 Å². The highest BCUT2D eigenvalue weighted by molar-refractivity contribution is 8.13. The van der Waals surface area contributed by atoms with E-state index in [2.05, 4.69) is 0 Å². The van der Waals surface area contributed by atoms with Gasteiger partial charge in [0, 0.05) is 10.7 Å². The van der Waals surface area contributed by atoms with Crippen LogP contribution in [0.15, 0.2) is 17.0 Å². The van der Waals surface area contributed by atoms with Crippen molar-refractivity contribution in [3.8, 4) is 11.5 Å². The average Bonchev–Trinajstić information content (AvgIpc) is 2.07. The van der Waals surface area contributed by atoms with E-state index in [1.165, 1.54) is 7.11 Å². The number of halogens is 2. The number of rotatable bonds is 2. The van der Waals surface area contributed by atoms with Gasteiger partial charge < -0.3 is 9.84 Å². The highest BCUT2D eigenvalue weighted by atomic mass is 35.7. The van der Waals surface area contributed by atoms with Gasteiger partial charge in [0.15, 0.2) is 5.75 Å². The molecule has 0 aliphatic rings. The molecule has 4 nitrogen and oxygen atoms in total. The lowest BCUT2D eigenvalue weighted by atomic mass is 10.3. The third-order valence-electron chi connectivity index (χ3n) is 1.51. The molecule has 0 saturated carbocycles. The molecule has 0 unspecified atom stereocenters. The van der Waals surface area contributed by atoms with E-state index in [0.717, 1.165) is 12.1 Å². The van der Waals surface area contributed by atoms with Gasteiger partial charge >= 0.3 is 0 Å². The summed E-state index contributed by atoms with van der Waals surface area (Å²) < 4.78 is 26.8. The first-order valence-electron chi connectivity index (χ1n) is 3.38. The normalized spacial score (nSPS) is 11.4. The van der Waals surface area contributed by atoms with Crippen molar-refractivity contribution in [3.63, 3.8) is 0 Å². The SMILES string of the molecule is COc1c(S(=O)(=O)Cl)ccc(O)c1Cl. The minimum absolute atomic E-state index is 0.165. The highest BCUT2D eigenvalue weighted by Gasteiger charge is 2.20. The molecular weight excluding hydrogens is 251 g/mol. The molecule has 0 aliphatic heterocycles. The third-order valence-corrected chi connectivity index (χ3v) is 3.22. The largest absolute Gasteiger partial charge is 0.506 e. The Morgan fingerprint density at radius 1 is 1.43 bits per heavy atom. The van der Waals surface area contributed by atoms with E-state index in [9.17, 15) is 13.5 Å². The standard InChI is InChI=1S/C7H6Cl2O4S/c1-13-7-5(14(9,11)12)3-2-4(10)6(7)8/h2-3,10H,1H3. The Hall–Kier alpha value is -0.650. The lowest BCUT2D eigenvalue weighted by Crippen LogP contribution is -1.96. The molecule has 1 aromatic rings. The van der Waals surface area contributed by atoms with E-state index in [-0.39, 0.29) is 21.4 Å². The van der Waals surface area contributed by atoms with Crippen molar-refractivity contribution in [1.82, 2.24) is 0 Å².